The summed E-state index contributed by atoms with van der Waals surface area (Å²) in [5.41, 5.74) is 2.95. The van der Waals surface area contributed by atoms with Crippen LogP contribution in [0.25, 0.3) is 11.0 Å². The Hall–Kier alpha value is -3.22. The SMILES string of the molecule is Cn1c(CCNC(=O)C2CC(=O)Nc3ccccc32)nc2cc(F)ccc21. The van der Waals surface area contributed by atoms with Crippen molar-refractivity contribution in [2.45, 2.75) is 18.8 Å². The Morgan fingerprint density at radius 3 is 3.00 bits per heavy atom. The first kappa shape index (κ1) is 17.2. The maximum atomic E-state index is 13.4. The maximum Gasteiger partial charge on any atom is 0.228 e. The molecule has 1 aromatic heterocycles. The van der Waals surface area contributed by atoms with Crippen molar-refractivity contribution in [2.24, 2.45) is 7.05 Å². The number of aromatic nitrogens is 2. The molecule has 138 valence electrons. The molecular weight excluding hydrogens is 347 g/mol. The summed E-state index contributed by atoms with van der Waals surface area (Å²) >= 11 is 0. The zero-order valence-electron chi connectivity index (χ0n) is 14.8. The number of aryl methyl sites for hydroxylation is 1. The summed E-state index contributed by atoms with van der Waals surface area (Å²) in [7, 11) is 1.87. The van der Waals surface area contributed by atoms with Gasteiger partial charge in [-0.15, -0.1) is 0 Å². The fourth-order valence-electron chi connectivity index (χ4n) is 3.51. The largest absolute Gasteiger partial charge is 0.355 e. The zero-order valence-corrected chi connectivity index (χ0v) is 14.8. The molecular formula is C20H19FN4O2. The Labute approximate surface area is 155 Å². The summed E-state index contributed by atoms with van der Waals surface area (Å²) in [4.78, 5) is 28.9. The second-order valence-corrected chi connectivity index (χ2v) is 6.65. The highest BCUT2D eigenvalue weighted by molar-refractivity contribution is 6.01. The molecule has 0 fully saturated rings. The van der Waals surface area contributed by atoms with Gasteiger partial charge in [0.15, 0.2) is 0 Å². The number of hydrogen-bond acceptors (Lipinski definition) is 3. The third-order valence-electron chi connectivity index (χ3n) is 4.90. The van der Waals surface area contributed by atoms with Crippen LogP contribution >= 0.6 is 0 Å². The molecule has 27 heavy (non-hydrogen) atoms. The van der Waals surface area contributed by atoms with Gasteiger partial charge >= 0.3 is 0 Å². The number of benzene rings is 2. The van der Waals surface area contributed by atoms with Crippen LogP contribution in [0.15, 0.2) is 42.5 Å². The molecule has 2 aromatic carbocycles. The molecule has 2 heterocycles. The Bertz CT molecular complexity index is 1040. The van der Waals surface area contributed by atoms with Crippen LogP contribution < -0.4 is 10.6 Å². The summed E-state index contributed by atoms with van der Waals surface area (Å²) in [5.74, 6) is -0.398. The van der Waals surface area contributed by atoms with Crippen molar-refractivity contribution >= 4 is 28.5 Å². The summed E-state index contributed by atoms with van der Waals surface area (Å²) in [6, 6.07) is 11.8. The lowest BCUT2D eigenvalue weighted by Gasteiger charge is -2.24. The minimum atomic E-state index is -0.496. The van der Waals surface area contributed by atoms with Crippen molar-refractivity contribution in [2.75, 3.05) is 11.9 Å². The molecule has 1 aliphatic heterocycles. The minimum Gasteiger partial charge on any atom is -0.355 e. The van der Waals surface area contributed by atoms with Gasteiger partial charge in [0.05, 0.1) is 17.0 Å². The predicted octanol–water partition coefficient (Wildman–Crippen LogP) is 2.50. The average molecular weight is 366 g/mol. The number of nitrogens with zero attached hydrogens (tertiary/aromatic N) is 2. The molecule has 0 bridgehead atoms. The number of halogens is 1. The van der Waals surface area contributed by atoms with Crippen molar-refractivity contribution < 1.29 is 14.0 Å². The lowest BCUT2D eigenvalue weighted by Crippen LogP contribution is -2.36. The molecule has 3 aromatic rings. The third kappa shape index (κ3) is 3.28. The van der Waals surface area contributed by atoms with Crippen LogP contribution in [-0.4, -0.2) is 27.9 Å². The Kier molecular flexibility index (Phi) is 4.35. The first-order chi connectivity index (χ1) is 13.0. The highest BCUT2D eigenvalue weighted by Gasteiger charge is 2.30. The fourth-order valence-corrected chi connectivity index (χ4v) is 3.51. The number of fused-ring (bicyclic) bond motifs is 2. The minimum absolute atomic E-state index is 0.133. The highest BCUT2D eigenvalue weighted by Crippen LogP contribution is 2.31. The number of imidazole rings is 1. The van der Waals surface area contributed by atoms with Crippen LogP contribution in [0.4, 0.5) is 10.1 Å². The van der Waals surface area contributed by atoms with Crippen molar-refractivity contribution in [3.8, 4) is 0 Å². The number of carbonyl (C=O) groups is 2. The molecule has 6 nitrogen and oxygen atoms in total. The van der Waals surface area contributed by atoms with Gasteiger partial charge in [0, 0.05) is 38.2 Å². The molecule has 1 unspecified atom stereocenters. The van der Waals surface area contributed by atoms with E-state index in [0.717, 1.165) is 16.9 Å². The lowest BCUT2D eigenvalue weighted by molar-refractivity contribution is -0.126. The Morgan fingerprint density at radius 2 is 2.15 bits per heavy atom. The smallest absolute Gasteiger partial charge is 0.228 e. The molecule has 0 saturated carbocycles. The van der Waals surface area contributed by atoms with Gasteiger partial charge in [0.25, 0.3) is 0 Å². The summed E-state index contributed by atoms with van der Waals surface area (Å²) in [6.45, 7) is 0.388. The molecule has 1 atom stereocenters. The number of hydrogen-bond donors (Lipinski definition) is 2. The van der Waals surface area contributed by atoms with Crippen LogP contribution in [0.2, 0.25) is 0 Å². The number of carbonyl (C=O) groups excluding carboxylic acids is 2. The maximum absolute atomic E-state index is 13.4. The van der Waals surface area contributed by atoms with Gasteiger partial charge in [-0.05, 0) is 23.8 Å². The second-order valence-electron chi connectivity index (χ2n) is 6.65. The summed E-state index contributed by atoms with van der Waals surface area (Å²) in [5, 5.41) is 5.69. The average Bonchev–Trinajstić information content (AvgIpc) is 2.96. The molecule has 2 N–H and O–H groups in total. The van der Waals surface area contributed by atoms with Crippen LogP contribution in [0.5, 0.6) is 0 Å². The summed E-state index contributed by atoms with van der Waals surface area (Å²) < 4.78 is 15.2. The monoisotopic (exact) mass is 366 g/mol. The molecule has 0 saturated heterocycles. The van der Waals surface area contributed by atoms with Crippen LogP contribution in [0, 0.1) is 5.82 Å². The molecule has 2 amide bonds. The topological polar surface area (TPSA) is 76.0 Å². The van der Waals surface area contributed by atoms with Crippen LogP contribution in [0.3, 0.4) is 0 Å². The first-order valence-corrected chi connectivity index (χ1v) is 8.80. The van der Waals surface area contributed by atoms with Gasteiger partial charge in [-0.1, -0.05) is 18.2 Å². The highest BCUT2D eigenvalue weighted by atomic mass is 19.1. The van der Waals surface area contributed by atoms with E-state index in [9.17, 15) is 14.0 Å². The fraction of sp³-hybridized carbons (Fsp3) is 0.250. The van der Waals surface area contributed by atoms with Gasteiger partial charge in [0.1, 0.15) is 11.6 Å². The number of para-hydroxylation sites is 1. The van der Waals surface area contributed by atoms with E-state index < -0.39 is 5.92 Å². The van der Waals surface area contributed by atoms with E-state index in [1.807, 2.05) is 29.8 Å². The van der Waals surface area contributed by atoms with Crippen molar-refractivity contribution in [1.82, 2.24) is 14.9 Å². The second kappa shape index (κ2) is 6.83. The van der Waals surface area contributed by atoms with Crippen LogP contribution in [-0.2, 0) is 23.1 Å². The van der Waals surface area contributed by atoms with Crippen molar-refractivity contribution in [3.05, 3.63) is 59.7 Å². The Balaban J connectivity index is 1.45. The molecule has 0 radical (unpaired) electrons. The van der Waals surface area contributed by atoms with Crippen LogP contribution in [0.1, 0.15) is 23.7 Å². The van der Waals surface area contributed by atoms with E-state index in [4.69, 9.17) is 0 Å². The number of anilines is 1. The van der Waals surface area contributed by atoms with Gasteiger partial charge in [-0.25, -0.2) is 9.37 Å². The molecule has 4 rings (SSSR count). The molecule has 0 aliphatic carbocycles. The normalized spacial score (nSPS) is 16.1. The number of nitrogens with one attached hydrogen (secondary N) is 2. The summed E-state index contributed by atoms with van der Waals surface area (Å²) in [6.07, 6.45) is 0.646. The zero-order chi connectivity index (χ0) is 19.0. The van der Waals surface area contributed by atoms with E-state index in [-0.39, 0.29) is 24.1 Å². The predicted molar refractivity (Wildman–Crippen MR) is 99.8 cm³/mol. The first-order valence-electron chi connectivity index (χ1n) is 8.80. The lowest BCUT2D eigenvalue weighted by atomic mass is 9.90. The van der Waals surface area contributed by atoms with E-state index in [2.05, 4.69) is 15.6 Å². The third-order valence-corrected chi connectivity index (χ3v) is 4.90. The molecule has 1 aliphatic rings. The Morgan fingerprint density at radius 1 is 1.33 bits per heavy atom. The quantitative estimate of drug-likeness (QED) is 0.745. The number of amides is 2. The van der Waals surface area contributed by atoms with Crippen molar-refractivity contribution in [3.63, 3.8) is 0 Å². The van der Waals surface area contributed by atoms with Crippen molar-refractivity contribution in [1.29, 1.82) is 0 Å². The van der Waals surface area contributed by atoms with Gasteiger partial charge in [-0.2, -0.15) is 0 Å². The van der Waals surface area contributed by atoms with E-state index >= 15 is 0 Å². The van der Waals surface area contributed by atoms with E-state index in [1.54, 1.807) is 12.1 Å². The number of rotatable bonds is 4. The van der Waals surface area contributed by atoms with E-state index in [1.165, 1.54) is 12.1 Å². The standard InChI is InChI=1S/C20H19FN4O2/c1-25-17-7-6-12(21)10-16(17)23-18(25)8-9-22-20(27)14-11-19(26)24-15-5-3-2-4-13(14)15/h2-7,10,14H,8-9,11H2,1H3,(H,22,27)(H,24,26). The van der Waals surface area contributed by atoms with Gasteiger partial charge < -0.3 is 15.2 Å². The molecule has 0 spiro atoms. The molecule has 7 heteroatoms. The van der Waals surface area contributed by atoms with E-state index in [0.29, 0.717) is 24.2 Å². The van der Waals surface area contributed by atoms with Gasteiger partial charge in [-0.3, -0.25) is 9.59 Å². The van der Waals surface area contributed by atoms with Gasteiger partial charge in [0.2, 0.25) is 11.8 Å².